The lowest BCUT2D eigenvalue weighted by Crippen LogP contribution is -2.44. The smallest absolute Gasteiger partial charge is 0.137 e. The molecule has 100 valence electrons. The van der Waals surface area contributed by atoms with Crippen LogP contribution in [0.3, 0.4) is 0 Å². The molecule has 0 aliphatic carbocycles. The average molecular weight is 333 g/mol. The SMILES string of the molecule is CC1(C)CSCC(O)(Cc2cccc(F)c2Br)C1. The van der Waals surface area contributed by atoms with Crippen molar-refractivity contribution in [3.63, 3.8) is 0 Å². The Hall–Kier alpha value is -0.0600. The van der Waals surface area contributed by atoms with Crippen molar-refractivity contribution >= 4 is 27.7 Å². The molecular formula is C14H18BrFOS. The summed E-state index contributed by atoms with van der Waals surface area (Å²) in [6.45, 7) is 4.34. The van der Waals surface area contributed by atoms with Crippen LogP contribution in [0.2, 0.25) is 0 Å². The summed E-state index contributed by atoms with van der Waals surface area (Å²) >= 11 is 5.05. The molecule has 0 amide bonds. The molecule has 1 atom stereocenters. The van der Waals surface area contributed by atoms with Gasteiger partial charge < -0.3 is 5.11 Å². The van der Waals surface area contributed by atoms with Gasteiger partial charge in [0.2, 0.25) is 0 Å². The van der Waals surface area contributed by atoms with Crippen molar-refractivity contribution in [2.75, 3.05) is 11.5 Å². The van der Waals surface area contributed by atoms with Crippen LogP contribution in [0.25, 0.3) is 0 Å². The molecule has 18 heavy (non-hydrogen) atoms. The van der Waals surface area contributed by atoms with E-state index >= 15 is 0 Å². The fraction of sp³-hybridized carbons (Fsp3) is 0.571. The Kier molecular flexibility index (Phi) is 4.10. The molecule has 0 aromatic heterocycles. The van der Waals surface area contributed by atoms with E-state index in [1.165, 1.54) is 6.07 Å². The predicted octanol–water partition coefficient (Wildman–Crippen LogP) is 4.02. The molecule has 0 saturated carbocycles. The van der Waals surface area contributed by atoms with E-state index < -0.39 is 5.60 Å². The van der Waals surface area contributed by atoms with Gasteiger partial charge in [-0.3, -0.25) is 0 Å². The van der Waals surface area contributed by atoms with Crippen molar-refractivity contribution in [1.82, 2.24) is 0 Å². The van der Waals surface area contributed by atoms with E-state index in [-0.39, 0.29) is 11.2 Å². The van der Waals surface area contributed by atoms with E-state index in [1.807, 2.05) is 6.07 Å². The minimum atomic E-state index is -0.733. The van der Waals surface area contributed by atoms with Crippen molar-refractivity contribution in [1.29, 1.82) is 0 Å². The Morgan fingerprint density at radius 1 is 1.39 bits per heavy atom. The first-order valence-corrected chi connectivity index (χ1v) is 7.99. The normalized spacial score (nSPS) is 27.2. The molecule has 1 unspecified atom stereocenters. The van der Waals surface area contributed by atoms with Crippen LogP contribution in [0.15, 0.2) is 22.7 Å². The van der Waals surface area contributed by atoms with Gasteiger partial charge in [-0.05, 0) is 45.1 Å². The number of hydrogen-bond acceptors (Lipinski definition) is 2. The lowest BCUT2D eigenvalue weighted by molar-refractivity contribution is 0.0198. The summed E-state index contributed by atoms with van der Waals surface area (Å²) in [6, 6.07) is 4.99. The number of hydrogen-bond donors (Lipinski definition) is 1. The minimum absolute atomic E-state index is 0.136. The first-order chi connectivity index (χ1) is 8.31. The second-order valence-corrected chi connectivity index (χ2v) is 7.73. The van der Waals surface area contributed by atoms with Gasteiger partial charge in [-0.25, -0.2) is 4.39 Å². The summed E-state index contributed by atoms with van der Waals surface area (Å²) in [5.74, 6) is 1.53. The van der Waals surface area contributed by atoms with E-state index in [0.29, 0.717) is 10.9 Å². The van der Waals surface area contributed by atoms with Crippen molar-refractivity contribution in [3.05, 3.63) is 34.1 Å². The van der Waals surface area contributed by atoms with Gasteiger partial charge in [-0.1, -0.05) is 26.0 Å². The van der Waals surface area contributed by atoms with Gasteiger partial charge in [0, 0.05) is 12.2 Å². The van der Waals surface area contributed by atoms with E-state index in [0.717, 1.165) is 23.5 Å². The molecule has 2 rings (SSSR count). The van der Waals surface area contributed by atoms with Crippen LogP contribution >= 0.6 is 27.7 Å². The average Bonchev–Trinajstić information content (AvgIpc) is 2.22. The Morgan fingerprint density at radius 2 is 2.11 bits per heavy atom. The van der Waals surface area contributed by atoms with Gasteiger partial charge in [0.05, 0.1) is 10.1 Å². The standard InChI is InChI=1S/C14H18BrFOS/c1-13(2)7-14(17,9-18-8-13)6-10-4-3-5-11(16)12(10)15/h3-5,17H,6-9H2,1-2H3. The quantitative estimate of drug-likeness (QED) is 0.882. The van der Waals surface area contributed by atoms with E-state index in [4.69, 9.17) is 0 Å². The van der Waals surface area contributed by atoms with E-state index in [9.17, 15) is 9.50 Å². The van der Waals surface area contributed by atoms with Gasteiger partial charge in [0.15, 0.2) is 0 Å². The van der Waals surface area contributed by atoms with E-state index in [2.05, 4.69) is 29.8 Å². The highest BCUT2D eigenvalue weighted by molar-refractivity contribution is 9.10. The fourth-order valence-electron chi connectivity index (χ4n) is 2.66. The molecule has 1 aliphatic heterocycles. The minimum Gasteiger partial charge on any atom is -0.389 e. The molecule has 1 nitrogen and oxygen atoms in total. The zero-order chi connectivity index (χ0) is 13.4. The molecule has 1 aromatic carbocycles. The number of benzene rings is 1. The second kappa shape index (κ2) is 5.14. The topological polar surface area (TPSA) is 20.2 Å². The second-order valence-electron chi connectivity index (χ2n) is 5.95. The van der Waals surface area contributed by atoms with Crippen LogP contribution < -0.4 is 0 Å². The molecule has 0 spiro atoms. The highest BCUT2D eigenvalue weighted by atomic mass is 79.9. The lowest BCUT2D eigenvalue weighted by Gasteiger charge is -2.41. The molecule has 1 aliphatic rings. The third-order valence-electron chi connectivity index (χ3n) is 3.22. The van der Waals surface area contributed by atoms with Gasteiger partial charge in [0.25, 0.3) is 0 Å². The third-order valence-corrected chi connectivity index (χ3v) is 5.84. The zero-order valence-corrected chi connectivity index (χ0v) is 13.1. The maximum absolute atomic E-state index is 13.5. The Bertz CT molecular complexity index is 449. The first kappa shape index (κ1) is 14.4. The van der Waals surface area contributed by atoms with Crippen LogP contribution in [0.1, 0.15) is 25.8 Å². The van der Waals surface area contributed by atoms with Crippen molar-refractivity contribution < 1.29 is 9.50 Å². The van der Waals surface area contributed by atoms with Crippen molar-refractivity contribution in [3.8, 4) is 0 Å². The van der Waals surface area contributed by atoms with Crippen molar-refractivity contribution in [2.24, 2.45) is 5.41 Å². The molecule has 4 heteroatoms. The molecule has 1 heterocycles. The summed E-state index contributed by atoms with van der Waals surface area (Å²) in [5.41, 5.74) is 0.246. The predicted molar refractivity (Wildman–Crippen MR) is 78.5 cm³/mol. The number of thioether (sulfide) groups is 1. The van der Waals surface area contributed by atoms with E-state index in [1.54, 1.807) is 17.8 Å². The third kappa shape index (κ3) is 3.28. The number of rotatable bonds is 2. The summed E-state index contributed by atoms with van der Waals surface area (Å²) in [7, 11) is 0. The Balaban J connectivity index is 2.20. The maximum atomic E-state index is 13.5. The number of halogens is 2. The molecule has 0 radical (unpaired) electrons. The monoisotopic (exact) mass is 332 g/mol. The summed E-state index contributed by atoms with van der Waals surface area (Å²) in [4.78, 5) is 0. The summed E-state index contributed by atoms with van der Waals surface area (Å²) in [5, 5.41) is 10.7. The van der Waals surface area contributed by atoms with Crippen LogP contribution in [0, 0.1) is 11.2 Å². The van der Waals surface area contributed by atoms with Gasteiger partial charge in [-0.2, -0.15) is 11.8 Å². The Morgan fingerprint density at radius 3 is 2.78 bits per heavy atom. The largest absolute Gasteiger partial charge is 0.389 e. The molecular weight excluding hydrogens is 315 g/mol. The number of aliphatic hydroxyl groups is 1. The maximum Gasteiger partial charge on any atom is 0.137 e. The van der Waals surface area contributed by atoms with Crippen LogP contribution in [-0.2, 0) is 6.42 Å². The van der Waals surface area contributed by atoms with Crippen LogP contribution in [0.5, 0.6) is 0 Å². The van der Waals surface area contributed by atoms with Gasteiger partial charge >= 0.3 is 0 Å². The Labute approximate surface area is 120 Å². The summed E-state index contributed by atoms with van der Waals surface area (Å²) in [6.07, 6.45) is 1.26. The first-order valence-electron chi connectivity index (χ1n) is 6.04. The van der Waals surface area contributed by atoms with Crippen LogP contribution in [0.4, 0.5) is 4.39 Å². The van der Waals surface area contributed by atoms with Gasteiger partial charge in [-0.15, -0.1) is 0 Å². The molecule has 1 fully saturated rings. The molecule has 1 N–H and O–H groups in total. The molecule has 0 bridgehead atoms. The summed E-state index contributed by atoms with van der Waals surface area (Å²) < 4.78 is 14.0. The highest BCUT2D eigenvalue weighted by Crippen LogP contribution is 2.41. The fourth-order valence-corrected chi connectivity index (χ4v) is 4.41. The van der Waals surface area contributed by atoms with Crippen molar-refractivity contribution in [2.45, 2.75) is 32.3 Å². The lowest BCUT2D eigenvalue weighted by atomic mass is 9.79. The molecule has 1 aromatic rings. The van der Waals surface area contributed by atoms with Gasteiger partial charge in [0.1, 0.15) is 5.82 Å². The molecule has 1 saturated heterocycles. The zero-order valence-electron chi connectivity index (χ0n) is 10.7. The highest BCUT2D eigenvalue weighted by Gasteiger charge is 2.39. The van der Waals surface area contributed by atoms with Crippen LogP contribution in [-0.4, -0.2) is 22.2 Å².